The van der Waals surface area contributed by atoms with Crippen molar-refractivity contribution in [3.63, 3.8) is 0 Å². The van der Waals surface area contributed by atoms with Crippen LogP contribution in [0.1, 0.15) is 12.0 Å². The van der Waals surface area contributed by atoms with Crippen molar-refractivity contribution in [2.75, 3.05) is 57.8 Å². The highest BCUT2D eigenvalue weighted by atomic mass is 16.5. The first-order chi connectivity index (χ1) is 19.0. The molecule has 1 aromatic carbocycles. The topological polar surface area (TPSA) is 113 Å². The lowest BCUT2D eigenvalue weighted by Crippen LogP contribution is -2.48. The molecular formula is C28H32N8O3. The first-order valence-corrected chi connectivity index (χ1v) is 13.2. The normalized spacial score (nSPS) is 18.2. The van der Waals surface area contributed by atoms with E-state index < -0.39 is 0 Å². The summed E-state index contributed by atoms with van der Waals surface area (Å²) in [7, 11) is 2.12. The summed E-state index contributed by atoms with van der Waals surface area (Å²) < 4.78 is 12.6. The quantitative estimate of drug-likeness (QED) is 0.362. The fourth-order valence-electron chi connectivity index (χ4n) is 5.33. The zero-order valence-corrected chi connectivity index (χ0v) is 22.3. The third-order valence-corrected chi connectivity index (χ3v) is 7.51. The highest BCUT2D eigenvalue weighted by Crippen LogP contribution is 2.37. The number of hydrogen-bond acceptors (Lipinski definition) is 9. The highest BCUT2D eigenvalue weighted by Gasteiger charge is 2.26. The number of anilines is 1. The van der Waals surface area contributed by atoms with E-state index in [1.54, 1.807) is 17.3 Å². The number of rotatable bonds is 7. The molecule has 3 aromatic heterocycles. The molecule has 0 unspecified atom stereocenters. The maximum Gasteiger partial charge on any atom is 0.319 e. The Morgan fingerprint density at radius 1 is 1.15 bits per heavy atom. The van der Waals surface area contributed by atoms with Crippen molar-refractivity contribution in [2.24, 2.45) is 5.92 Å². The van der Waals surface area contributed by atoms with Crippen molar-refractivity contribution in [2.45, 2.75) is 13.3 Å². The van der Waals surface area contributed by atoms with E-state index >= 15 is 0 Å². The summed E-state index contributed by atoms with van der Waals surface area (Å²) in [6.45, 7) is 10.6. The minimum absolute atomic E-state index is 0.0589. The van der Waals surface area contributed by atoms with Crippen molar-refractivity contribution in [3.8, 4) is 17.6 Å². The molecule has 0 spiro atoms. The first-order valence-electron chi connectivity index (χ1n) is 13.2. The van der Waals surface area contributed by atoms with Crippen molar-refractivity contribution in [3.05, 3.63) is 48.8 Å². The van der Waals surface area contributed by atoms with E-state index in [9.17, 15) is 4.79 Å². The molecule has 11 nitrogen and oxygen atoms in total. The third kappa shape index (κ3) is 4.97. The molecule has 11 heteroatoms. The van der Waals surface area contributed by atoms with Gasteiger partial charge in [0.1, 0.15) is 17.1 Å². The van der Waals surface area contributed by atoms with E-state index in [0.717, 1.165) is 47.2 Å². The van der Waals surface area contributed by atoms with Crippen molar-refractivity contribution in [1.29, 1.82) is 0 Å². The summed E-state index contributed by atoms with van der Waals surface area (Å²) in [6.07, 6.45) is 5.91. The molecule has 5 heterocycles. The van der Waals surface area contributed by atoms with Crippen molar-refractivity contribution in [1.82, 2.24) is 34.9 Å². The van der Waals surface area contributed by atoms with Gasteiger partial charge >= 0.3 is 6.01 Å². The summed E-state index contributed by atoms with van der Waals surface area (Å²) >= 11 is 0. The second kappa shape index (κ2) is 10.5. The molecule has 6 rings (SSSR count). The van der Waals surface area contributed by atoms with Crippen molar-refractivity contribution >= 4 is 33.5 Å². The molecule has 2 aliphatic rings. The monoisotopic (exact) mass is 528 g/mol. The number of piperazine rings is 1. The predicted octanol–water partition coefficient (Wildman–Crippen LogP) is 3.17. The Balaban J connectivity index is 1.38. The molecule has 0 saturated carbocycles. The van der Waals surface area contributed by atoms with Gasteiger partial charge in [0, 0.05) is 44.8 Å². The molecule has 4 aromatic rings. The van der Waals surface area contributed by atoms with Gasteiger partial charge in [0.15, 0.2) is 0 Å². The molecule has 0 aliphatic carbocycles. The van der Waals surface area contributed by atoms with Gasteiger partial charge in [-0.05, 0) is 50.7 Å². The van der Waals surface area contributed by atoms with E-state index in [2.05, 4.69) is 38.6 Å². The second-order valence-electron chi connectivity index (χ2n) is 10.2. The van der Waals surface area contributed by atoms with Crippen LogP contribution in [0.4, 0.5) is 5.82 Å². The van der Waals surface area contributed by atoms with Gasteiger partial charge in [-0.1, -0.05) is 12.6 Å². The minimum atomic E-state index is -0.0589. The fourth-order valence-corrected chi connectivity index (χ4v) is 5.33. The number of carbonyl (C=O) groups excluding carboxylic acids is 1. The summed E-state index contributed by atoms with van der Waals surface area (Å²) in [6, 6.07) is 6.16. The Kier molecular flexibility index (Phi) is 6.74. The molecule has 39 heavy (non-hydrogen) atoms. The maximum absolute atomic E-state index is 12.1. The van der Waals surface area contributed by atoms with Crippen LogP contribution in [0.5, 0.6) is 17.6 Å². The largest absolute Gasteiger partial charge is 0.463 e. The number of carbonyl (C=O) groups is 1. The Morgan fingerprint density at radius 3 is 2.77 bits per heavy atom. The van der Waals surface area contributed by atoms with E-state index in [1.807, 2.05) is 25.1 Å². The van der Waals surface area contributed by atoms with Gasteiger partial charge in [-0.15, -0.1) is 0 Å². The van der Waals surface area contributed by atoms with E-state index in [0.29, 0.717) is 61.9 Å². The Morgan fingerprint density at radius 2 is 2.00 bits per heavy atom. The standard InChI is InChI=1S/C28H32N8O3/c1-4-23(37)35-11-13-36(14-12-35)26-20-7-9-29-27(39-25-18(2)5-6-22-21(25)15-30-33-22)24(20)31-28(32-26)38-17-19-8-10-34(3)16-19/h4-7,9,15,19H,1,8,10-14,16-17H2,2-3H3,(H,30,33)/t19-/m0/s1. The van der Waals surface area contributed by atoms with Gasteiger partial charge in [-0.25, -0.2) is 4.98 Å². The van der Waals surface area contributed by atoms with Crippen LogP contribution in [-0.2, 0) is 4.79 Å². The first kappa shape index (κ1) is 25.1. The number of aryl methyl sites for hydroxylation is 1. The minimum Gasteiger partial charge on any atom is -0.463 e. The van der Waals surface area contributed by atoms with Gasteiger partial charge in [-0.2, -0.15) is 15.1 Å². The molecule has 0 radical (unpaired) electrons. The van der Waals surface area contributed by atoms with Crippen LogP contribution in [-0.4, -0.2) is 93.8 Å². The Labute approximate surface area is 226 Å². The number of nitrogens with one attached hydrogen (secondary N) is 1. The molecule has 202 valence electrons. The average molecular weight is 529 g/mol. The summed E-state index contributed by atoms with van der Waals surface area (Å²) in [5.74, 6) is 2.16. The zero-order chi connectivity index (χ0) is 26.9. The molecule has 2 fully saturated rings. The summed E-state index contributed by atoms with van der Waals surface area (Å²) in [5.41, 5.74) is 2.41. The van der Waals surface area contributed by atoms with Gasteiger partial charge in [0.05, 0.1) is 29.1 Å². The van der Waals surface area contributed by atoms with Gasteiger partial charge in [0.25, 0.3) is 0 Å². The number of hydrogen-bond donors (Lipinski definition) is 1. The number of nitrogens with zero attached hydrogens (tertiary/aromatic N) is 7. The van der Waals surface area contributed by atoms with Crippen molar-refractivity contribution < 1.29 is 14.3 Å². The van der Waals surface area contributed by atoms with Crippen LogP contribution in [0.3, 0.4) is 0 Å². The van der Waals surface area contributed by atoms with Crippen LogP contribution in [0.15, 0.2) is 43.2 Å². The summed E-state index contributed by atoms with van der Waals surface area (Å²) in [4.78, 5) is 32.6. The molecule has 2 aliphatic heterocycles. The van der Waals surface area contributed by atoms with E-state index in [1.165, 1.54) is 6.08 Å². The Hall–Kier alpha value is -4.25. The molecule has 2 saturated heterocycles. The maximum atomic E-state index is 12.1. The third-order valence-electron chi connectivity index (χ3n) is 7.51. The number of H-pyrrole nitrogens is 1. The van der Waals surface area contributed by atoms with Crippen LogP contribution < -0.4 is 14.4 Å². The van der Waals surface area contributed by atoms with Gasteiger partial charge < -0.3 is 24.2 Å². The number of benzene rings is 1. The van der Waals surface area contributed by atoms with Gasteiger partial charge in [-0.3, -0.25) is 9.89 Å². The smallest absolute Gasteiger partial charge is 0.319 e. The number of amides is 1. The molecule has 1 atom stereocenters. The molecular weight excluding hydrogens is 496 g/mol. The fraction of sp³-hybridized carbons (Fsp3) is 0.393. The lowest BCUT2D eigenvalue weighted by atomic mass is 10.1. The predicted molar refractivity (Wildman–Crippen MR) is 148 cm³/mol. The van der Waals surface area contributed by atoms with Gasteiger partial charge in [0.2, 0.25) is 11.8 Å². The number of aromatic amines is 1. The zero-order valence-electron chi connectivity index (χ0n) is 22.3. The van der Waals surface area contributed by atoms with Crippen LogP contribution >= 0.6 is 0 Å². The Bertz CT molecular complexity index is 1530. The second-order valence-corrected chi connectivity index (χ2v) is 10.2. The highest BCUT2D eigenvalue weighted by molar-refractivity contribution is 5.94. The lowest BCUT2D eigenvalue weighted by molar-refractivity contribution is -0.126. The number of ether oxygens (including phenoxy) is 2. The SMILES string of the molecule is C=CC(=O)N1CCN(c2nc(OC[C@H]3CCN(C)C3)nc3c(Oc4c(C)ccc5[nH]ncc45)nccc23)CC1. The molecule has 1 N–H and O–H groups in total. The summed E-state index contributed by atoms with van der Waals surface area (Å²) in [5, 5.41) is 8.85. The lowest BCUT2D eigenvalue weighted by Gasteiger charge is -2.35. The van der Waals surface area contributed by atoms with Crippen LogP contribution in [0.25, 0.3) is 21.8 Å². The molecule has 1 amide bonds. The molecule has 0 bridgehead atoms. The number of pyridine rings is 1. The van der Waals surface area contributed by atoms with E-state index in [-0.39, 0.29) is 5.91 Å². The van der Waals surface area contributed by atoms with Crippen LogP contribution in [0.2, 0.25) is 0 Å². The number of fused-ring (bicyclic) bond motifs is 2. The van der Waals surface area contributed by atoms with E-state index in [4.69, 9.17) is 19.4 Å². The van der Waals surface area contributed by atoms with Crippen LogP contribution in [0, 0.1) is 12.8 Å². The number of aromatic nitrogens is 5. The average Bonchev–Trinajstić information content (AvgIpc) is 3.61. The number of likely N-dealkylation sites (tertiary alicyclic amines) is 1.